The van der Waals surface area contributed by atoms with Gasteiger partial charge in [0.15, 0.2) is 0 Å². The number of halogens is 3. The smallest absolute Gasteiger partial charge is 0.417 e. The molecule has 0 N–H and O–H groups in total. The van der Waals surface area contributed by atoms with Gasteiger partial charge in [0.05, 0.1) is 17.2 Å². The first-order chi connectivity index (χ1) is 8.91. The molecule has 0 heterocycles. The highest BCUT2D eigenvalue weighted by molar-refractivity contribution is 5.44. The van der Waals surface area contributed by atoms with Gasteiger partial charge in [-0.1, -0.05) is 6.92 Å². The quantitative estimate of drug-likeness (QED) is 0.808. The van der Waals surface area contributed by atoms with Gasteiger partial charge in [-0.25, -0.2) is 0 Å². The maximum absolute atomic E-state index is 12.8. The van der Waals surface area contributed by atoms with E-state index < -0.39 is 11.7 Å². The molecule has 2 nitrogen and oxygen atoms in total. The van der Waals surface area contributed by atoms with E-state index in [2.05, 4.69) is 0 Å². The third-order valence-electron chi connectivity index (χ3n) is 3.49. The van der Waals surface area contributed by atoms with E-state index in [1.54, 1.807) is 6.07 Å². The molecule has 1 aliphatic rings. The van der Waals surface area contributed by atoms with Crippen molar-refractivity contribution < 1.29 is 17.9 Å². The summed E-state index contributed by atoms with van der Waals surface area (Å²) >= 11 is 0. The summed E-state index contributed by atoms with van der Waals surface area (Å²) in [5, 5.41) is 8.71. The fourth-order valence-corrected chi connectivity index (χ4v) is 2.39. The molecule has 0 aliphatic heterocycles. The van der Waals surface area contributed by atoms with Crippen LogP contribution in [-0.2, 0) is 6.18 Å². The van der Waals surface area contributed by atoms with E-state index in [1.165, 1.54) is 6.07 Å². The Morgan fingerprint density at radius 2 is 2.05 bits per heavy atom. The van der Waals surface area contributed by atoms with Crippen LogP contribution in [0.3, 0.4) is 0 Å². The minimum Gasteiger partial charge on any atom is -0.490 e. The van der Waals surface area contributed by atoms with Gasteiger partial charge >= 0.3 is 6.18 Å². The number of ether oxygens (including phenoxy) is 1. The molecular weight excluding hydrogens is 255 g/mol. The van der Waals surface area contributed by atoms with Crippen molar-refractivity contribution >= 4 is 0 Å². The molecule has 0 aromatic heterocycles. The van der Waals surface area contributed by atoms with Gasteiger partial charge in [0.25, 0.3) is 0 Å². The molecule has 0 radical (unpaired) electrons. The number of nitrogens with zero attached hydrogens (tertiary/aromatic N) is 1. The molecule has 1 saturated carbocycles. The van der Waals surface area contributed by atoms with Crippen LogP contribution in [0.25, 0.3) is 0 Å². The second kappa shape index (κ2) is 5.12. The minimum atomic E-state index is -4.54. The van der Waals surface area contributed by atoms with E-state index in [0.29, 0.717) is 5.92 Å². The Bertz CT molecular complexity index is 504. The number of alkyl halides is 3. The van der Waals surface area contributed by atoms with Crippen molar-refractivity contribution in [2.24, 2.45) is 5.92 Å². The van der Waals surface area contributed by atoms with Crippen molar-refractivity contribution in [3.05, 3.63) is 29.3 Å². The van der Waals surface area contributed by atoms with Gasteiger partial charge in [0, 0.05) is 0 Å². The van der Waals surface area contributed by atoms with E-state index in [9.17, 15) is 13.2 Å². The Morgan fingerprint density at radius 3 is 2.58 bits per heavy atom. The van der Waals surface area contributed by atoms with E-state index >= 15 is 0 Å². The van der Waals surface area contributed by atoms with Crippen LogP contribution >= 0.6 is 0 Å². The number of benzene rings is 1. The van der Waals surface area contributed by atoms with Gasteiger partial charge in [-0.15, -0.1) is 0 Å². The average Bonchev–Trinajstić information content (AvgIpc) is 2.74. The molecule has 2 atom stereocenters. The van der Waals surface area contributed by atoms with Crippen molar-refractivity contribution in [1.29, 1.82) is 5.26 Å². The molecule has 1 aromatic rings. The first-order valence-electron chi connectivity index (χ1n) is 6.20. The van der Waals surface area contributed by atoms with Crippen molar-refractivity contribution in [2.45, 2.75) is 38.5 Å². The third-order valence-corrected chi connectivity index (χ3v) is 3.49. The lowest BCUT2D eigenvalue weighted by molar-refractivity contribution is -0.137. The predicted octanol–water partition coefficient (Wildman–Crippen LogP) is 4.14. The lowest BCUT2D eigenvalue weighted by Gasteiger charge is -2.19. The van der Waals surface area contributed by atoms with Gasteiger partial charge in [0.2, 0.25) is 0 Å². The zero-order chi connectivity index (χ0) is 14.0. The summed E-state index contributed by atoms with van der Waals surface area (Å²) in [5.41, 5.74) is -1.31. The summed E-state index contributed by atoms with van der Waals surface area (Å²) in [5.74, 6) is 0.537. The monoisotopic (exact) mass is 269 g/mol. The molecule has 0 bridgehead atoms. The van der Waals surface area contributed by atoms with Gasteiger partial charge in [-0.3, -0.25) is 0 Å². The minimum absolute atomic E-state index is 0.0333. The molecule has 0 spiro atoms. The maximum atomic E-state index is 12.8. The lowest BCUT2D eigenvalue weighted by Crippen LogP contribution is -2.19. The SMILES string of the molecule is CC1CCCC1Oc1ccc(C#N)c(C(F)(F)F)c1. The Labute approximate surface area is 109 Å². The fourth-order valence-electron chi connectivity index (χ4n) is 2.39. The normalized spacial score (nSPS) is 23.1. The summed E-state index contributed by atoms with van der Waals surface area (Å²) in [7, 11) is 0. The van der Waals surface area contributed by atoms with Crippen LogP contribution in [0.2, 0.25) is 0 Å². The standard InChI is InChI=1S/C14H14F3NO/c1-9-3-2-4-13(9)19-11-6-5-10(8-18)12(7-11)14(15,16)17/h5-7,9,13H,2-4H2,1H3. The van der Waals surface area contributed by atoms with E-state index in [0.717, 1.165) is 31.4 Å². The van der Waals surface area contributed by atoms with Crippen LogP contribution in [0.1, 0.15) is 37.3 Å². The first-order valence-corrected chi connectivity index (χ1v) is 6.20. The number of nitriles is 1. The summed E-state index contributed by atoms with van der Waals surface area (Å²) in [6.45, 7) is 2.03. The Hall–Kier alpha value is -1.70. The summed E-state index contributed by atoms with van der Waals surface area (Å²) in [6, 6.07) is 5.07. The van der Waals surface area contributed by atoms with Gasteiger partial charge in [-0.2, -0.15) is 18.4 Å². The molecular formula is C14H14F3NO. The molecule has 2 unspecified atom stereocenters. The molecule has 0 amide bonds. The molecule has 1 aliphatic carbocycles. The van der Waals surface area contributed by atoms with Gasteiger partial charge in [0.1, 0.15) is 11.9 Å². The van der Waals surface area contributed by atoms with E-state index in [1.807, 2.05) is 6.92 Å². The number of hydrogen-bond acceptors (Lipinski definition) is 2. The molecule has 102 valence electrons. The van der Waals surface area contributed by atoms with Crippen LogP contribution in [0.5, 0.6) is 5.75 Å². The van der Waals surface area contributed by atoms with Crippen molar-refractivity contribution in [3.63, 3.8) is 0 Å². The second-order valence-corrected chi connectivity index (χ2v) is 4.88. The van der Waals surface area contributed by atoms with Gasteiger partial charge < -0.3 is 4.74 Å². The summed E-state index contributed by atoms with van der Waals surface area (Å²) in [4.78, 5) is 0. The van der Waals surface area contributed by atoms with Crippen LogP contribution in [0.4, 0.5) is 13.2 Å². The highest BCUT2D eigenvalue weighted by atomic mass is 19.4. The van der Waals surface area contributed by atoms with Crippen molar-refractivity contribution in [1.82, 2.24) is 0 Å². The van der Waals surface area contributed by atoms with Crippen LogP contribution < -0.4 is 4.74 Å². The number of hydrogen-bond donors (Lipinski definition) is 0. The lowest BCUT2D eigenvalue weighted by atomic mass is 10.1. The average molecular weight is 269 g/mol. The second-order valence-electron chi connectivity index (χ2n) is 4.88. The van der Waals surface area contributed by atoms with Gasteiger partial charge in [-0.05, 0) is 43.4 Å². The predicted molar refractivity (Wildman–Crippen MR) is 63.6 cm³/mol. The van der Waals surface area contributed by atoms with Crippen LogP contribution in [-0.4, -0.2) is 6.10 Å². The number of rotatable bonds is 2. The zero-order valence-corrected chi connectivity index (χ0v) is 10.5. The molecule has 2 rings (SSSR count). The zero-order valence-electron chi connectivity index (χ0n) is 10.5. The molecule has 19 heavy (non-hydrogen) atoms. The Morgan fingerprint density at radius 1 is 1.32 bits per heavy atom. The molecule has 1 fully saturated rings. The largest absolute Gasteiger partial charge is 0.490 e. The van der Waals surface area contributed by atoms with E-state index in [-0.39, 0.29) is 17.4 Å². The molecule has 5 heteroatoms. The third kappa shape index (κ3) is 3.01. The summed E-state index contributed by atoms with van der Waals surface area (Å²) in [6.07, 6.45) is -1.63. The fraction of sp³-hybridized carbons (Fsp3) is 0.500. The molecule has 1 aromatic carbocycles. The van der Waals surface area contributed by atoms with Crippen LogP contribution in [0, 0.1) is 17.2 Å². The topological polar surface area (TPSA) is 33.0 Å². The summed E-state index contributed by atoms with van der Waals surface area (Å²) < 4.78 is 44.0. The van der Waals surface area contributed by atoms with Crippen molar-refractivity contribution in [3.8, 4) is 11.8 Å². The first kappa shape index (κ1) is 13.7. The van der Waals surface area contributed by atoms with Crippen molar-refractivity contribution in [2.75, 3.05) is 0 Å². The maximum Gasteiger partial charge on any atom is 0.417 e. The highest BCUT2D eigenvalue weighted by Crippen LogP contribution is 2.36. The van der Waals surface area contributed by atoms with E-state index in [4.69, 9.17) is 10.00 Å². The Balaban J connectivity index is 2.26. The van der Waals surface area contributed by atoms with Crippen LogP contribution in [0.15, 0.2) is 18.2 Å². The highest BCUT2D eigenvalue weighted by Gasteiger charge is 2.34. The Kier molecular flexibility index (Phi) is 3.70. The molecule has 0 saturated heterocycles.